The first-order valence-corrected chi connectivity index (χ1v) is 11.3. The molecule has 2 atom stereocenters. The molecule has 2 aromatic carbocycles. The fourth-order valence-corrected chi connectivity index (χ4v) is 5.39. The number of furan rings is 1. The first kappa shape index (κ1) is 20.0. The van der Waals surface area contributed by atoms with Gasteiger partial charge in [0.05, 0.1) is 0 Å². The van der Waals surface area contributed by atoms with Gasteiger partial charge in [-0.3, -0.25) is 9.59 Å². The van der Waals surface area contributed by atoms with Crippen LogP contribution in [0.25, 0.3) is 11.0 Å². The molecular formula is C26H28N2O3. The molecule has 3 heterocycles. The van der Waals surface area contributed by atoms with Gasteiger partial charge in [-0.1, -0.05) is 25.1 Å². The van der Waals surface area contributed by atoms with Gasteiger partial charge in [-0.05, 0) is 69.0 Å². The van der Waals surface area contributed by atoms with E-state index < -0.39 is 0 Å². The van der Waals surface area contributed by atoms with Gasteiger partial charge in [0, 0.05) is 40.1 Å². The number of carbonyl (C=O) groups excluding carboxylic acids is 2. The largest absolute Gasteiger partial charge is 0.441 e. The van der Waals surface area contributed by atoms with Crippen LogP contribution in [0.1, 0.15) is 76.8 Å². The number of nitrogens with two attached hydrogens (primary N) is 1. The van der Waals surface area contributed by atoms with Crippen molar-refractivity contribution in [3.8, 4) is 0 Å². The van der Waals surface area contributed by atoms with Crippen molar-refractivity contribution in [2.24, 2.45) is 0 Å². The Morgan fingerprint density at radius 3 is 2.71 bits per heavy atom. The summed E-state index contributed by atoms with van der Waals surface area (Å²) in [4.78, 5) is 27.9. The number of Topliss-reactive ketones (excluding diaryl/α,β-unsaturated/α-hetero) is 1. The SMILES string of the molecule is CCC(=O)c1cccc(C(=O)c2ccc3oc(N)c(C4CCN5CCCC5C4)c3c2)c1. The summed E-state index contributed by atoms with van der Waals surface area (Å²) < 4.78 is 5.88. The Bertz CT molecular complexity index is 1160. The average molecular weight is 417 g/mol. The van der Waals surface area contributed by atoms with Crippen LogP contribution >= 0.6 is 0 Å². The average Bonchev–Trinajstić information content (AvgIpc) is 3.40. The summed E-state index contributed by atoms with van der Waals surface area (Å²) in [6.45, 7) is 4.13. The molecule has 31 heavy (non-hydrogen) atoms. The maximum absolute atomic E-state index is 13.2. The van der Waals surface area contributed by atoms with Gasteiger partial charge in [0.2, 0.25) is 0 Å². The molecule has 5 rings (SSSR count). The van der Waals surface area contributed by atoms with E-state index in [-0.39, 0.29) is 11.6 Å². The molecule has 0 bridgehead atoms. The summed E-state index contributed by atoms with van der Waals surface area (Å²) in [5.41, 5.74) is 9.81. The van der Waals surface area contributed by atoms with Gasteiger partial charge in [-0.25, -0.2) is 0 Å². The van der Waals surface area contributed by atoms with Gasteiger partial charge >= 0.3 is 0 Å². The van der Waals surface area contributed by atoms with E-state index in [2.05, 4.69) is 4.90 Å². The Labute approximate surface area is 182 Å². The Hall–Kier alpha value is -2.92. The quantitative estimate of drug-likeness (QED) is 0.580. The number of fused-ring (bicyclic) bond motifs is 2. The van der Waals surface area contributed by atoms with Crippen LogP contribution in [0.15, 0.2) is 46.9 Å². The second kappa shape index (κ2) is 7.97. The maximum atomic E-state index is 13.2. The summed E-state index contributed by atoms with van der Waals surface area (Å²) >= 11 is 0. The lowest BCUT2D eigenvalue weighted by atomic mass is 9.84. The van der Waals surface area contributed by atoms with Crippen molar-refractivity contribution in [2.75, 3.05) is 18.8 Å². The fourth-order valence-electron chi connectivity index (χ4n) is 5.39. The molecule has 0 radical (unpaired) electrons. The van der Waals surface area contributed by atoms with Crippen molar-refractivity contribution in [1.29, 1.82) is 0 Å². The van der Waals surface area contributed by atoms with Crippen molar-refractivity contribution in [1.82, 2.24) is 4.90 Å². The van der Waals surface area contributed by atoms with Crippen molar-refractivity contribution >= 4 is 28.4 Å². The van der Waals surface area contributed by atoms with Crippen LogP contribution in [0.3, 0.4) is 0 Å². The third kappa shape index (κ3) is 3.57. The number of rotatable bonds is 5. The molecule has 160 valence electrons. The van der Waals surface area contributed by atoms with Crippen molar-refractivity contribution in [2.45, 2.75) is 51.0 Å². The van der Waals surface area contributed by atoms with Crippen LogP contribution in [-0.2, 0) is 0 Å². The number of nitrogens with zero attached hydrogens (tertiary/aromatic N) is 1. The predicted molar refractivity (Wildman–Crippen MR) is 122 cm³/mol. The standard InChI is InChI=1S/C26H28N2O3/c1-2-22(29)16-5-3-6-18(13-16)25(30)19-8-9-23-21(15-19)24(26(27)31-23)17-10-12-28-11-4-7-20(28)14-17/h3,5-6,8-9,13,15,17,20H,2,4,7,10-12,14,27H2,1H3. The topological polar surface area (TPSA) is 76.5 Å². The number of hydrogen-bond acceptors (Lipinski definition) is 5. The molecule has 0 spiro atoms. The molecule has 2 N–H and O–H groups in total. The zero-order chi connectivity index (χ0) is 21.5. The Morgan fingerprint density at radius 2 is 1.87 bits per heavy atom. The summed E-state index contributed by atoms with van der Waals surface area (Å²) in [6, 6.07) is 13.2. The lowest BCUT2D eigenvalue weighted by Crippen LogP contribution is -2.37. The van der Waals surface area contributed by atoms with Crippen molar-refractivity contribution in [3.63, 3.8) is 0 Å². The third-order valence-corrected chi connectivity index (χ3v) is 7.01. The predicted octanol–water partition coefficient (Wildman–Crippen LogP) is 5.18. The monoisotopic (exact) mass is 416 g/mol. The molecule has 5 nitrogen and oxygen atoms in total. The highest BCUT2D eigenvalue weighted by Crippen LogP contribution is 2.43. The minimum Gasteiger partial charge on any atom is -0.441 e. The molecular weight excluding hydrogens is 388 g/mol. The molecule has 2 aliphatic heterocycles. The van der Waals surface area contributed by atoms with E-state index in [0.29, 0.717) is 41.0 Å². The summed E-state index contributed by atoms with van der Waals surface area (Å²) in [5, 5.41) is 0.945. The molecule has 0 saturated carbocycles. The molecule has 2 aliphatic rings. The molecule has 2 unspecified atom stereocenters. The zero-order valence-corrected chi connectivity index (χ0v) is 17.9. The summed E-state index contributed by atoms with van der Waals surface area (Å²) in [6.07, 6.45) is 5.11. The number of piperidine rings is 1. The van der Waals surface area contributed by atoms with Gasteiger partial charge in [-0.2, -0.15) is 0 Å². The number of carbonyl (C=O) groups is 2. The van der Waals surface area contributed by atoms with Crippen LogP contribution in [0.4, 0.5) is 5.88 Å². The van der Waals surface area contributed by atoms with Crippen molar-refractivity contribution < 1.29 is 14.0 Å². The number of hydrogen-bond donors (Lipinski definition) is 1. The lowest BCUT2D eigenvalue weighted by molar-refractivity contribution is 0.0988. The Kier molecular flexibility index (Phi) is 5.14. The minimum atomic E-state index is -0.0935. The smallest absolute Gasteiger partial charge is 0.195 e. The second-order valence-corrected chi connectivity index (χ2v) is 8.83. The second-order valence-electron chi connectivity index (χ2n) is 8.83. The molecule has 5 heteroatoms. The lowest BCUT2D eigenvalue weighted by Gasteiger charge is -2.34. The number of anilines is 1. The van der Waals surface area contributed by atoms with Gasteiger partial charge in [-0.15, -0.1) is 0 Å². The van der Waals surface area contributed by atoms with E-state index in [0.717, 1.165) is 35.9 Å². The van der Waals surface area contributed by atoms with Crippen LogP contribution in [0.2, 0.25) is 0 Å². The third-order valence-electron chi connectivity index (χ3n) is 7.01. The van der Waals surface area contributed by atoms with E-state index in [4.69, 9.17) is 10.2 Å². The van der Waals surface area contributed by atoms with Gasteiger partial charge in [0.15, 0.2) is 17.5 Å². The Morgan fingerprint density at radius 1 is 1.06 bits per heavy atom. The highest BCUT2D eigenvalue weighted by Gasteiger charge is 2.34. The number of ketones is 2. The highest BCUT2D eigenvalue weighted by molar-refractivity contribution is 6.12. The maximum Gasteiger partial charge on any atom is 0.195 e. The number of benzene rings is 2. The zero-order valence-electron chi connectivity index (χ0n) is 17.9. The molecule has 0 amide bonds. The van der Waals surface area contributed by atoms with Crippen LogP contribution in [0.5, 0.6) is 0 Å². The first-order chi connectivity index (χ1) is 15.0. The van der Waals surface area contributed by atoms with Crippen LogP contribution < -0.4 is 5.73 Å². The van der Waals surface area contributed by atoms with Crippen LogP contribution in [-0.4, -0.2) is 35.6 Å². The van der Waals surface area contributed by atoms with Gasteiger partial charge < -0.3 is 15.1 Å². The van der Waals surface area contributed by atoms with E-state index in [1.165, 1.54) is 19.4 Å². The molecule has 0 aliphatic carbocycles. The highest BCUT2D eigenvalue weighted by atomic mass is 16.3. The van der Waals surface area contributed by atoms with E-state index in [1.807, 2.05) is 19.1 Å². The van der Waals surface area contributed by atoms with Gasteiger partial charge in [0.1, 0.15) is 5.58 Å². The van der Waals surface area contributed by atoms with E-state index in [1.54, 1.807) is 30.3 Å². The van der Waals surface area contributed by atoms with Gasteiger partial charge in [0.25, 0.3) is 0 Å². The van der Waals surface area contributed by atoms with E-state index in [9.17, 15) is 9.59 Å². The summed E-state index contributed by atoms with van der Waals surface area (Å²) in [7, 11) is 0. The van der Waals surface area contributed by atoms with E-state index >= 15 is 0 Å². The summed E-state index contributed by atoms with van der Waals surface area (Å²) in [5.74, 6) is 0.778. The fraction of sp³-hybridized carbons (Fsp3) is 0.385. The minimum absolute atomic E-state index is 0.0354. The first-order valence-electron chi connectivity index (χ1n) is 11.3. The normalized spacial score (nSPS) is 21.3. The molecule has 2 saturated heterocycles. The van der Waals surface area contributed by atoms with Crippen LogP contribution in [0, 0.1) is 0 Å². The molecule has 2 fully saturated rings. The number of nitrogen functional groups attached to an aromatic ring is 1. The molecule has 3 aromatic rings. The Balaban J connectivity index is 1.49. The molecule has 1 aromatic heterocycles. The van der Waals surface area contributed by atoms with Crippen molar-refractivity contribution in [3.05, 3.63) is 64.7 Å².